The van der Waals surface area contributed by atoms with Crippen molar-refractivity contribution in [2.45, 2.75) is 58.5 Å². The van der Waals surface area contributed by atoms with E-state index in [0.29, 0.717) is 30.7 Å². The van der Waals surface area contributed by atoms with Gasteiger partial charge in [0.1, 0.15) is 11.4 Å². The van der Waals surface area contributed by atoms with E-state index in [1.807, 2.05) is 16.4 Å². The zero-order valence-electron chi connectivity index (χ0n) is 17.2. The number of pyridine rings is 1. The van der Waals surface area contributed by atoms with Gasteiger partial charge in [-0.2, -0.15) is 0 Å². The van der Waals surface area contributed by atoms with Gasteiger partial charge in [-0.3, -0.25) is 4.79 Å². The van der Waals surface area contributed by atoms with E-state index in [1.54, 1.807) is 0 Å². The first-order chi connectivity index (χ1) is 13.7. The number of carboxylic acid groups (broad SMARTS) is 1. The molecular weight excluding hydrogens is 373 g/mol. The number of hydrogen-bond acceptors (Lipinski definition) is 4. The van der Waals surface area contributed by atoms with Crippen LogP contribution in [-0.4, -0.2) is 34.8 Å². The Morgan fingerprint density at radius 3 is 2.59 bits per heavy atom. The topological polar surface area (TPSA) is 88.6 Å². The van der Waals surface area contributed by atoms with Gasteiger partial charge in [-0.05, 0) is 37.2 Å². The molecule has 3 N–H and O–H groups in total. The van der Waals surface area contributed by atoms with Crippen molar-refractivity contribution in [1.29, 1.82) is 0 Å². The van der Waals surface area contributed by atoms with Gasteiger partial charge in [0.2, 0.25) is 5.43 Å². The van der Waals surface area contributed by atoms with Crippen molar-refractivity contribution in [3.63, 3.8) is 0 Å². The molecule has 156 valence electrons. The number of fused-ring (bicyclic) bond motifs is 1. The Hall–Kier alpha value is -2.41. The number of hydrogen-bond donors (Lipinski definition) is 2. The molecule has 1 saturated carbocycles. The molecule has 2 heterocycles. The first-order valence-electron chi connectivity index (χ1n) is 10.3. The zero-order chi connectivity index (χ0) is 21.1. The third kappa shape index (κ3) is 3.21. The SMILES string of the molecule is CCc1c(N2CCC(N)C(C)(C)C2)c(F)cc2c(=O)c(C(=O)O)cn(C3CC3)c12. The van der Waals surface area contributed by atoms with E-state index in [4.69, 9.17) is 5.73 Å². The van der Waals surface area contributed by atoms with Crippen LogP contribution in [0.4, 0.5) is 10.1 Å². The Kier molecular flexibility index (Phi) is 4.69. The van der Waals surface area contributed by atoms with Gasteiger partial charge in [0, 0.05) is 42.3 Å². The van der Waals surface area contributed by atoms with Crippen molar-refractivity contribution in [1.82, 2.24) is 4.57 Å². The largest absolute Gasteiger partial charge is 0.477 e. The molecule has 1 aliphatic carbocycles. The zero-order valence-corrected chi connectivity index (χ0v) is 17.2. The van der Waals surface area contributed by atoms with Gasteiger partial charge in [0.15, 0.2) is 0 Å². The van der Waals surface area contributed by atoms with Crippen molar-refractivity contribution in [2.24, 2.45) is 11.1 Å². The second kappa shape index (κ2) is 6.83. The van der Waals surface area contributed by atoms with Crippen LogP contribution in [0.3, 0.4) is 0 Å². The highest BCUT2D eigenvalue weighted by Gasteiger charge is 2.36. The van der Waals surface area contributed by atoms with E-state index in [-0.39, 0.29) is 28.4 Å². The van der Waals surface area contributed by atoms with Crippen molar-refractivity contribution < 1.29 is 14.3 Å². The lowest BCUT2D eigenvalue weighted by Crippen LogP contribution is -2.53. The molecule has 0 spiro atoms. The molecule has 7 heteroatoms. The van der Waals surface area contributed by atoms with Crippen LogP contribution >= 0.6 is 0 Å². The number of anilines is 1. The molecule has 6 nitrogen and oxygen atoms in total. The molecule has 2 aromatic rings. The predicted octanol–water partition coefficient (Wildman–Crippen LogP) is 3.30. The minimum atomic E-state index is -1.28. The van der Waals surface area contributed by atoms with Gasteiger partial charge in [-0.1, -0.05) is 20.8 Å². The van der Waals surface area contributed by atoms with E-state index in [9.17, 15) is 14.7 Å². The normalized spacial score (nSPS) is 21.6. The molecule has 29 heavy (non-hydrogen) atoms. The van der Waals surface area contributed by atoms with E-state index in [2.05, 4.69) is 13.8 Å². The number of aromatic carboxylic acids is 1. The minimum absolute atomic E-state index is 0.0510. The summed E-state index contributed by atoms with van der Waals surface area (Å²) in [5.41, 5.74) is 7.16. The van der Waals surface area contributed by atoms with Gasteiger partial charge in [0.05, 0.1) is 11.2 Å². The summed E-state index contributed by atoms with van der Waals surface area (Å²) in [6.45, 7) is 7.41. The molecule has 0 radical (unpaired) electrons. The van der Waals surface area contributed by atoms with E-state index >= 15 is 4.39 Å². The molecule has 1 saturated heterocycles. The fourth-order valence-electron chi connectivity index (χ4n) is 4.59. The summed E-state index contributed by atoms with van der Waals surface area (Å²) >= 11 is 0. The standard InChI is InChI=1S/C22H28FN3O3/c1-4-13-18-14(20(27)15(21(28)29)10-26(18)12-5-6-12)9-16(23)19(13)25-8-7-17(24)22(2,3)11-25/h9-10,12,17H,4-8,11,24H2,1-3H3,(H,28,29). The molecule has 4 rings (SSSR count). The molecular formula is C22H28FN3O3. The number of halogens is 1. The maximum atomic E-state index is 15.4. The highest BCUT2D eigenvalue weighted by molar-refractivity contribution is 5.95. The van der Waals surface area contributed by atoms with Crippen LogP contribution in [-0.2, 0) is 6.42 Å². The lowest BCUT2D eigenvalue weighted by molar-refractivity contribution is 0.0695. The van der Waals surface area contributed by atoms with Gasteiger partial charge >= 0.3 is 5.97 Å². The van der Waals surface area contributed by atoms with Gasteiger partial charge in [-0.15, -0.1) is 0 Å². The van der Waals surface area contributed by atoms with E-state index < -0.39 is 17.2 Å². The number of benzene rings is 1. The van der Waals surface area contributed by atoms with E-state index in [1.165, 1.54) is 12.3 Å². The number of aryl methyl sites for hydroxylation is 1. The smallest absolute Gasteiger partial charge is 0.341 e. The van der Waals surface area contributed by atoms with Gasteiger partial charge in [0.25, 0.3) is 0 Å². The van der Waals surface area contributed by atoms with E-state index in [0.717, 1.165) is 24.8 Å². The summed E-state index contributed by atoms with van der Waals surface area (Å²) in [7, 11) is 0. The molecule has 2 aliphatic rings. The van der Waals surface area contributed by atoms with Crippen LogP contribution in [0.2, 0.25) is 0 Å². The van der Waals surface area contributed by atoms with Crippen LogP contribution in [0.5, 0.6) is 0 Å². The highest BCUT2D eigenvalue weighted by atomic mass is 19.1. The number of nitrogens with zero attached hydrogens (tertiary/aromatic N) is 2. The number of carbonyl (C=O) groups is 1. The Morgan fingerprint density at radius 1 is 1.34 bits per heavy atom. The number of aromatic nitrogens is 1. The van der Waals surface area contributed by atoms with Crippen LogP contribution < -0.4 is 16.1 Å². The predicted molar refractivity (Wildman–Crippen MR) is 111 cm³/mol. The van der Waals surface area contributed by atoms with Crippen LogP contribution in [0.1, 0.15) is 62.0 Å². The van der Waals surface area contributed by atoms with Crippen LogP contribution in [0.25, 0.3) is 10.9 Å². The van der Waals surface area contributed by atoms with Crippen LogP contribution in [0, 0.1) is 11.2 Å². The molecule has 0 bridgehead atoms. The fraction of sp³-hybridized carbons (Fsp3) is 0.545. The quantitative estimate of drug-likeness (QED) is 0.821. The Labute approximate surface area is 169 Å². The molecule has 1 aliphatic heterocycles. The third-order valence-corrected chi connectivity index (χ3v) is 6.49. The lowest BCUT2D eigenvalue weighted by atomic mass is 9.79. The summed E-state index contributed by atoms with van der Waals surface area (Å²) in [5.74, 6) is -1.75. The maximum Gasteiger partial charge on any atom is 0.341 e. The fourth-order valence-corrected chi connectivity index (χ4v) is 4.59. The first-order valence-corrected chi connectivity index (χ1v) is 10.3. The summed E-state index contributed by atoms with van der Waals surface area (Å²) < 4.78 is 17.3. The Bertz CT molecular complexity index is 1060. The number of carboxylic acids is 1. The second-order valence-electron chi connectivity index (χ2n) is 9.06. The average Bonchev–Trinajstić information content (AvgIpc) is 3.48. The number of nitrogens with two attached hydrogens (primary N) is 1. The number of piperidine rings is 1. The Balaban J connectivity index is 1.99. The monoisotopic (exact) mass is 401 g/mol. The maximum absolute atomic E-state index is 15.4. The average molecular weight is 401 g/mol. The summed E-state index contributed by atoms with van der Waals surface area (Å²) in [4.78, 5) is 26.5. The molecule has 1 atom stereocenters. The molecule has 1 aromatic carbocycles. The molecule has 1 aromatic heterocycles. The molecule has 2 fully saturated rings. The minimum Gasteiger partial charge on any atom is -0.477 e. The van der Waals surface area contributed by atoms with Crippen LogP contribution in [0.15, 0.2) is 17.1 Å². The molecule has 1 unspecified atom stereocenters. The summed E-state index contributed by atoms with van der Waals surface area (Å²) in [6, 6.07) is 1.44. The lowest BCUT2D eigenvalue weighted by Gasteiger charge is -2.44. The van der Waals surface area contributed by atoms with Crippen molar-refractivity contribution >= 4 is 22.6 Å². The highest BCUT2D eigenvalue weighted by Crippen LogP contribution is 2.41. The number of rotatable bonds is 4. The third-order valence-electron chi connectivity index (χ3n) is 6.49. The van der Waals surface area contributed by atoms with Crippen molar-refractivity contribution in [3.8, 4) is 0 Å². The summed E-state index contributed by atoms with van der Waals surface area (Å²) in [5, 5.41) is 9.62. The van der Waals surface area contributed by atoms with Crippen molar-refractivity contribution in [3.05, 3.63) is 39.4 Å². The first kappa shape index (κ1) is 19.9. The van der Waals surface area contributed by atoms with Gasteiger partial charge < -0.3 is 20.3 Å². The van der Waals surface area contributed by atoms with Gasteiger partial charge in [-0.25, -0.2) is 9.18 Å². The molecule has 0 amide bonds. The summed E-state index contributed by atoms with van der Waals surface area (Å²) in [6.07, 6.45) is 4.62. The Morgan fingerprint density at radius 2 is 2.03 bits per heavy atom. The van der Waals surface area contributed by atoms with Crippen molar-refractivity contribution in [2.75, 3.05) is 18.0 Å². The second-order valence-corrected chi connectivity index (χ2v) is 9.06.